The van der Waals surface area contributed by atoms with Crippen LogP contribution in [0.4, 0.5) is 0 Å². The minimum absolute atomic E-state index is 0.0171. The van der Waals surface area contributed by atoms with E-state index < -0.39 is 0 Å². The fraction of sp³-hybridized carbons (Fsp3) is 0.357. The van der Waals surface area contributed by atoms with E-state index in [0.29, 0.717) is 0 Å². The molecule has 0 amide bonds. The highest BCUT2D eigenvalue weighted by atomic mass is 15.2. The number of rotatable bonds is 3. The summed E-state index contributed by atoms with van der Waals surface area (Å²) in [6.45, 7) is 4.27. The Morgan fingerprint density at radius 2 is 1.94 bits per heavy atom. The van der Waals surface area contributed by atoms with Crippen LogP contribution in [-0.2, 0) is 13.5 Å². The average molecular weight is 229 g/mol. The smallest absolute Gasteiger partial charge is 0.0537 e. The zero-order valence-electron chi connectivity index (χ0n) is 10.6. The van der Waals surface area contributed by atoms with Crippen LogP contribution in [0.1, 0.15) is 28.3 Å². The van der Waals surface area contributed by atoms with Gasteiger partial charge in [-0.2, -0.15) is 5.10 Å². The Labute approximate surface area is 102 Å². The van der Waals surface area contributed by atoms with Crippen LogP contribution in [0.3, 0.4) is 0 Å². The topological polar surface area (TPSA) is 43.8 Å². The van der Waals surface area contributed by atoms with Crippen molar-refractivity contribution in [3.05, 3.63) is 52.8 Å². The van der Waals surface area contributed by atoms with Crippen LogP contribution in [0.15, 0.2) is 30.6 Å². The van der Waals surface area contributed by atoms with Crippen molar-refractivity contribution in [2.75, 3.05) is 0 Å². The van der Waals surface area contributed by atoms with Crippen molar-refractivity contribution in [1.82, 2.24) is 9.78 Å². The van der Waals surface area contributed by atoms with Gasteiger partial charge < -0.3 is 5.73 Å². The van der Waals surface area contributed by atoms with Crippen molar-refractivity contribution in [3.63, 3.8) is 0 Å². The molecule has 2 aromatic rings. The molecule has 0 spiro atoms. The highest BCUT2D eigenvalue weighted by molar-refractivity contribution is 5.35. The molecular weight excluding hydrogens is 210 g/mol. The zero-order valence-corrected chi connectivity index (χ0v) is 10.6. The lowest BCUT2D eigenvalue weighted by molar-refractivity contribution is 0.711. The predicted octanol–water partition coefficient (Wildman–Crippen LogP) is 2.28. The quantitative estimate of drug-likeness (QED) is 0.877. The van der Waals surface area contributed by atoms with Crippen molar-refractivity contribution in [2.24, 2.45) is 12.8 Å². The minimum atomic E-state index is 0.0171. The number of hydrogen-bond acceptors (Lipinski definition) is 2. The third-order valence-electron chi connectivity index (χ3n) is 3.22. The van der Waals surface area contributed by atoms with E-state index in [-0.39, 0.29) is 6.04 Å². The molecule has 0 fully saturated rings. The molecule has 0 bridgehead atoms. The molecule has 1 atom stereocenters. The number of hydrogen-bond donors (Lipinski definition) is 1. The maximum atomic E-state index is 6.22. The highest BCUT2D eigenvalue weighted by Crippen LogP contribution is 2.20. The van der Waals surface area contributed by atoms with Gasteiger partial charge in [-0.1, -0.05) is 18.2 Å². The third-order valence-corrected chi connectivity index (χ3v) is 3.22. The highest BCUT2D eigenvalue weighted by Gasteiger charge is 2.11. The summed E-state index contributed by atoms with van der Waals surface area (Å²) in [6, 6.07) is 6.38. The van der Waals surface area contributed by atoms with Gasteiger partial charge in [0.25, 0.3) is 0 Å². The normalized spacial score (nSPS) is 12.7. The molecule has 1 aromatic heterocycles. The first kappa shape index (κ1) is 11.9. The van der Waals surface area contributed by atoms with Crippen LogP contribution < -0.4 is 5.73 Å². The maximum absolute atomic E-state index is 6.22. The van der Waals surface area contributed by atoms with Crippen LogP contribution in [0.5, 0.6) is 0 Å². The molecule has 2 rings (SSSR count). The molecule has 0 radical (unpaired) electrons. The zero-order chi connectivity index (χ0) is 12.4. The molecule has 0 saturated heterocycles. The van der Waals surface area contributed by atoms with Crippen LogP contribution >= 0.6 is 0 Å². The number of nitrogens with two attached hydrogens (primary N) is 1. The first-order chi connectivity index (χ1) is 8.08. The van der Waals surface area contributed by atoms with Gasteiger partial charge in [0.05, 0.1) is 6.20 Å². The fourth-order valence-corrected chi connectivity index (χ4v) is 2.14. The van der Waals surface area contributed by atoms with Crippen LogP contribution in [0.2, 0.25) is 0 Å². The summed E-state index contributed by atoms with van der Waals surface area (Å²) in [6.07, 6.45) is 4.70. The van der Waals surface area contributed by atoms with Crippen LogP contribution in [0, 0.1) is 13.8 Å². The lowest BCUT2D eigenvalue weighted by Gasteiger charge is -2.14. The fourth-order valence-electron chi connectivity index (χ4n) is 2.14. The molecule has 0 aliphatic heterocycles. The molecule has 0 saturated carbocycles. The minimum Gasteiger partial charge on any atom is -0.324 e. The van der Waals surface area contributed by atoms with Gasteiger partial charge in [-0.15, -0.1) is 0 Å². The van der Waals surface area contributed by atoms with Crippen molar-refractivity contribution in [2.45, 2.75) is 26.3 Å². The van der Waals surface area contributed by atoms with Crippen molar-refractivity contribution < 1.29 is 0 Å². The first-order valence-electron chi connectivity index (χ1n) is 5.87. The monoisotopic (exact) mass is 229 g/mol. The number of nitrogens with zero attached hydrogens (tertiary/aromatic N) is 2. The summed E-state index contributed by atoms with van der Waals surface area (Å²) in [7, 11) is 1.91. The Hall–Kier alpha value is -1.61. The molecule has 17 heavy (non-hydrogen) atoms. The molecule has 0 aliphatic rings. The van der Waals surface area contributed by atoms with Crippen molar-refractivity contribution >= 4 is 0 Å². The van der Waals surface area contributed by atoms with Gasteiger partial charge in [-0.05, 0) is 37.0 Å². The summed E-state index contributed by atoms with van der Waals surface area (Å²) in [5.41, 5.74) is 11.3. The van der Waals surface area contributed by atoms with E-state index in [2.05, 4.69) is 37.1 Å². The van der Waals surface area contributed by atoms with Crippen molar-refractivity contribution in [1.29, 1.82) is 0 Å². The number of aryl methyl sites for hydroxylation is 3. The van der Waals surface area contributed by atoms with Crippen LogP contribution in [-0.4, -0.2) is 9.78 Å². The van der Waals surface area contributed by atoms with Gasteiger partial charge in [-0.3, -0.25) is 4.68 Å². The molecular formula is C14H19N3. The third kappa shape index (κ3) is 2.56. The van der Waals surface area contributed by atoms with Gasteiger partial charge >= 0.3 is 0 Å². The molecule has 2 N–H and O–H groups in total. The van der Waals surface area contributed by atoms with E-state index in [1.165, 1.54) is 16.7 Å². The Balaban J connectivity index is 2.21. The second kappa shape index (κ2) is 4.72. The Kier molecular flexibility index (Phi) is 3.29. The van der Waals surface area contributed by atoms with Gasteiger partial charge in [0, 0.05) is 24.8 Å². The first-order valence-corrected chi connectivity index (χ1v) is 5.87. The predicted molar refractivity (Wildman–Crippen MR) is 69.8 cm³/mol. The van der Waals surface area contributed by atoms with Gasteiger partial charge in [0.2, 0.25) is 0 Å². The second-order valence-corrected chi connectivity index (χ2v) is 4.63. The molecule has 1 heterocycles. The maximum Gasteiger partial charge on any atom is 0.0537 e. The van der Waals surface area contributed by atoms with Gasteiger partial charge in [0.15, 0.2) is 0 Å². The standard InChI is InChI=1S/C14H19N3/c1-10-5-4-6-11(2)13(10)7-14(15)12-8-16-17(3)9-12/h4-6,8-9,14H,7,15H2,1-3H3. The molecule has 0 aliphatic carbocycles. The van der Waals surface area contributed by atoms with Gasteiger partial charge in [-0.25, -0.2) is 0 Å². The molecule has 1 unspecified atom stereocenters. The molecule has 3 nitrogen and oxygen atoms in total. The Morgan fingerprint density at radius 3 is 2.47 bits per heavy atom. The number of benzene rings is 1. The van der Waals surface area contributed by atoms with Crippen molar-refractivity contribution in [3.8, 4) is 0 Å². The summed E-state index contributed by atoms with van der Waals surface area (Å²) in [5, 5.41) is 4.16. The summed E-state index contributed by atoms with van der Waals surface area (Å²) in [4.78, 5) is 0. The SMILES string of the molecule is Cc1cccc(C)c1CC(N)c1cnn(C)c1. The van der Waals surface area contributed by atoms with E-state index in [1.807, 2.05) is 19.4 Å². The van der Waals surface area contributed by atoms with E-state index in [0.717, 1.165) is 12.0 Å². The van der Waals surface area contributed by atoms with E-state index in [1.54, 1.807) is 4.68 Å². The lowest BCUT2D eigenvalue weighted by Crippen LogP contribution is -2.14. The van der Waals surface area contributed by atoms with E-state index in [4.69, 9.17) is 5.73 Å². The lowest BCUT2D eigenvalue weighted by atomic mass is 9.95. The Bertz CT molecular complexity index is 494. The summed E-state index contributed by atoms with van der Waals surface area (Å²) < 4.78 is 1.79. The van der Waals surface area contributed by atoms with Gasteiger partial charge in [0.1, 0.15) is 0 Å². The summed E-state index contributed by atoms with van der Waals surface area (Å²) >= 11 is 0. The molecule has 1 aromatic carbocycles. The Morgan fingerprint density at radius 1 is 1.29 bits per heavy atom. The average Bonchev–Trinajstić information content (AvgIpc) is 2.70. The summed E-state index contributed by atoms with van der Waals surface area (Å²) in [5.74, 6) is 0. The number of aromatic nitrogens is 2. The molecule has 90 valence electrons. The largest absolute Gasteiger partial charge is 0.324 e. The van der Waals surface area contributed by atoms with E-state index >= 15 is 0 Å². The second-order valence-electron chi connectivity index (χ2n) is 4.63. The van der Waals surface area contributed by atoms with E-state index in [9.17, 15) is 0 Å². The van der Waals surface area contributed by atoms with Crippen LogP contribution in [0.25, 0.3) is 0 Å². The molecule has 3 heteroatoms.